The van der Waals surface area contributed by atoms with Gasteiger partial charge in [-0.25, -0.2) is 0 Å². The first-order chi connectivity index (χ1) is 11.4. The van der Waals surface area contributed by atoms with E-state index in [-0.39, 0.29) is 5.60 Å². The summed E-state index contributed by atoms with van der Waals surface area (Å²) >= 11 is 0. The number of rotatable bonds is 6. The Bertz CT molecular complexity index is 389. The van der Waals surface area contributed by atoms with E-state index >= 15 is 0 Å². The Morgan fingerprint density at radius 1 is 0.840 bits per heavy atom. The Morgan fingerprint density at radius 2 is 1.36 bits per heavy atom. The van der Waals surface area contributed by atoms with Crippen LogP contribution in [0.15, 0.2) is 0 Å². The third-order valence-corrected chi connectivity index (χ3v) is 6.50. The Balaban J connectivity index is 1.74. The van der Waals surface area contributed by atoms with E-state index in [2.05, 4.69) is 60.3 Å². The Hall–Kier alpha value is -0.0800. The van der Waals surface area contributed by atoms with Crippen LogP contribution in [0.25, 0.3) is 0 Å². The van der Waals surface area contributed by atoms with Gasteiger partial charge in [-0.2, -0.15) is 0 Å². The van der Waals surface area contributed by atoms with Crippen molar-refractivity contribution in [2.45, 2.75) is 112 Å². The number of hydrogen-bond donors (Lipinski definition) is 0. The molecule has 2 heteroatoms. The first-order valence-electron chi connectivity index (χ1n) is 10.9. The van der Waals surface area contributed by atoms with Crippen molar-refractivity contribution < 1.29 is 4.74 Å². The van der Waals surface area contributed by atoms with Crippen molar-refractivity contribution in [1.82, 2.24) is 4.90 Å². The van der Waals surface area contributed by atoms with Gasteiger partial charge in [-0.1, -0.05) is 20.8 Å². The normalized spacial score (nSPS) is 31.4. The molecule has 148 valence electrons. The lowest BCUT2D eigenvalue weighted by molar-refractivity contribution is -0.116. The fourth-order valence-electron chi connectivity index (χ4n) is 4.79. The molecule has 0 unspecified atom stereocenters. The second-order valence-corrected chi connectivity index (χ2v) is 11.3. The number of ether oxygens (including phenoxy) is 1. The van der Waals surface area contributed by atoms with E-state index in [1.165, 1.54) is 51.6 Å². The third-order valence-electron chi connectivity index (χ3n) is 6.50. The summed E-state index contributed by atoms with van der Waals surface area (Å²) in [6, 6.07) is 0.669. The number of hydrogen-bond acceptors (Lipinski definition) is 2. The molecule has 0 aliphatic heterocycles. The van der Waals surface area contributed by atoms with Crippen LogP contribution >= 0.6 is 0 Å². The van der Waals surface area contributed by atoms with Gasteiger partial charge in [0.2, 0.25) is 0 Å². The molecule has 0 aromatic carbocycles. The second-order valence-electron chi connectivity index (χ2n) is 11.3. The third kappa shape index (κ3) is 6.86. The molecule has 0 bridgehead atoms. The minimum absolute atomic E-state index is 0.0130. The molecule has 0 radical (unpaired) electrons. The number of nitrogens with zero attached hydrogens (tertiary/aromatic N) is 1. The lowest BCUT2D eigenvalue weighted by Crippen LogP contribution is -2.46. The highest BCUT2D eigenvalue weighted by Gasteiger charge is 2.35. The molecule has 25 heavy (non-hydrogen) atoms. The van der Waals surface area contributed by atoms with Crippen LogP contribution in [-0.4, -0.2) is 35.7 Å². The van der Waals surface area contributed by atoms with E-state index in [4.69, 9.17) is 4.74 Å². The van der Waals surface area contributed by atoms with E-state index in [0.717, 1.165) is 17.8 Å². The molecule has 2 rings (SSSR count). The summed E-state index contributed by atoms with van der Waals surface area (Å²) in [5, 5.41) is 0. The highest BCUT2D eigenvalue weighted by Crippen LogP contribution is 2.40. The molecule has 0 atom stereocenters. The maximum Gasteiger partial charge on any atom is 0.0602 e. The molecule has 2 nitrogen and oxygen atoms in total. The lowest BCUT2D eigenvalue weighted by Gasteiger charge is -2.44. The fraction of sp³-hybridized carbons (Fsp3) is 1.00. The van der Waals surface area contributed by atoms with Crippen molar-refractivity contribution in [3.63, 3.8) is 0 Å². The molecule has 0 saturated heterocycles. The van der Waals surface area contributed by atoms with Gasteiger partial charge in [0.15, 0.2) is 0 Å². The standard InChI is InChI=1S/C23H45NO/c1-17(2)24(16-19-13-21(14-19)25-23(6,7)8)15-18-9-11-20(12-10-18)22(3,4)5/h17-21H,9-16H2,1-8H3. The quantitative estimate of drug-likeness (QED) is 0.569. The van der Waals surface area contributed by atoms with Crippen molar-refractivity contribution in [2.24, 2.45) is 23.2 Å². The molecule has 0 amide bonds. The van der Waals surface area contributed by atoms with E-state index in [1.54, 1.807) is 0 Å². The molecular formula is C23H45NO. The van der Waals surface area contributed by atoms with Gasteiger partial charge in [0.25, 0.3) is 0 Å². The smallest absolute Gasteiger partial charge is 0.0602 e. The van der Waals surface area contributed by atoms with Crippen molar-refractivity contribution >= 4 is 0 Å². The SMILES string of the molecule is CC(C)N(CC1CCC(C(C)(C)C)CC1)CC1CC(OC(C)(C)C)C1. The van der Waals surface area contributed by atoms with Gasteiger partial charge in [0, 0.05) is 19.1 Å². The second kappa shape index (κ2) is 8.30. The van der Waals surface area contributed by atoms with E-state index in [0.29, 0.717) is 17.6 Å². The van der Waals surface area contributed by atoms with Gasteiger partial charge in [-0.05, 0) is 96.3 Å². The van der Waals surface area contributed by atoms with Crippen LogP contribution in [0.1, 0.15) is 93.9 Å². The summed E-state index contributed by atoms with van der Waals surface area (Å²) in [6.07, 6.45) is 8.77. The van der Waals surface area contributed by atoms with E-state index < -0.39 is 0 Å². The maximum atomic E-state index is 6.12. The Kier molecular flexibility index (Phi) is 7.04. The zero-order valence-electron chi connectivity index (χ0n) is 18.4. The predicted molar refractivity (Wildman–Crippen MR) is 109 cm³/mol. The molecule has 2 fully saturated rings. The van der Waals surface area contributed by atoms with Gasteiger partial charge in [0.1, 0.15) is 0 Å². The zero-order valence-corrected chi connectivity index (χ0v) is 18.4. The predicted octanol–water partition coefficient (Wildman–Crippen LogP) is 6.14. The van der Waals surface area contributed by atoms with Gasteiger partial charge in [0.05, 0.1) is 11.7 Å². The van der Waals surface area contributed by atoms with Crippen LogP contribution in [0.5, 0.6) is 0 Å². The van der Waals surface area contributed by atoms with Crippen molar-refractivity contribution in [3.05, 3.63) is 0 Å². The highest BCUT2D eigenvalue weighted by atomic mass is 16.5. The summed E-state index contributed by atoms with van der Waals surface area (Å²) in [5.74, 6) is 2.70. The van der Waals surface area contributed by atoms with Crippen LogP contribution in [0.4, 0.5) is 0 Å². The topological polar surface area (TPSA) is 12.5 Å². The molecule has 2 saturated carbocycles. The summed E-state index contributed by atoms with van der Waals surface area (Å²) in [4.78, 5) is 2.76. The molecule has 0 spiro atoms. The van der Waals surface area contributed by atoms with Crippen molar-refractivity contribution in [1.29, 1.82) is 0 Å². The van der Waals surface area contributed by atoms with E-state index in [1.807, 2.05) is 0 Å². The minimum Gasteiger partial charge on any atom is -0.373 e. The summed E-state index contributed by atoms with van der Waals surface area (Å²) < 4.78 is 6.12. The lowest BCUT2D eigenvalue weighted by atomic mass is 9.69. The average Bonchev–Trinajstić information content (AvgIpc) is 2.42. The Labute approximate surface area is 158 Å². The first kappa shape index (κ1) is 21.2. The first-order valence-corrected chi connectivity index (χ1v) is 10.9. The largest absolute Gasteiger partial charge is 0.373 e. The molecule has 0 N–H and O–H groups in total. The maximum absolute atomic E-state index is 6.12. The monoisotopic (exact) mass is 351 g/mol. The fourth-order valence-corrected chi connectivity index (χ4v) is 4.79. The molecule has 2 aliphatic carbocycles. The van der Waals surface area contributed by atoms with Crippen molar-refractivity contribution in [2.75, 3.05) is 13.1 Å². The van der Waals surface area contributed by atoms with Crippen LogP contribution in [-0.2, 0) is 4.74 Å². The summed E-state index contributed by atoms with van der Waals surface area (Å²) in [7, 11) is 0. The Morgan fingerprint density at radius 3 is 1.80 bits per heavy atom. The van der Waals surface area contributed by atoms with Crippen LogP contribution < -0.4 is 0 Å². The van der Waals surface area contributed by atoms with Crippen LogP contribution in [0.3, 0.4) is 0 Å². The molecule has 0 aromatic rings. The summed E-state index contributed by atoms with van der Waals surface area (Å²) in [6.45, 7) is 21.1. The minimum atomic E-state index is 0.0130. The molecule has 0 aromatic heterocycles. The van der Waals surface area contributed by atoms with Crippen LogP contribution in [0.2, 0.25) is 0 Å². The van der Waals surface area contributed by atoms with Gasteiger partial charge < -0.3 is 9.64 Å². The molecule has 0 heterocycles. The van der Waals surface area contributed by atoms with Crippen LogP contribution in [0, 0.1) is 23.2 Å². The molecular weight excluding hydrogens is 306 g/mol. The molecule has 2 aliphatic rings. The van der Waals surface area contributed by atoms with Gasteiger partial charge in [-0.15, -0.1) is 0 Å². The highest BCUT2D eigenvalue weighted by molar-refractivity contribution is 4.87. The van der Waals surface area contributed by atoms with Gasteiger partial charge >= 0.3 is 0 Å². The van der Waals surface area contributed by atoms with E-state index in [9.17, 15) is 0 Å². The van der Waals surface area contributed by atoms with Crippen molar-refractivity contribution in [3.8, 4) is 0 Å². The average molecular weight is 352 g/mol. The summed E-state index contributed by atoms with van der Waals surface area (Å²) in [5.41, 5.74) is 0.510. The van der Waals surface area contributed by atoms with Gasteiger partial charge in [-0.3, -0.25) is 0 Å². The zero-order chi connectivity index (χ0) is 18.8.